The van der Waals surface area contributed by atoms with Gasteiger partial charge in [0.25, 0.3) is 0 Å². The van der Waals surface area contributed by atoms with E-state index in [9.17, 15) is 4.79 Å². The van der Waals surface area contributed by atoms with Crippen LogP contribution in [0.4, 0.5) is 16.2 Å². The van der Waals surface area contributed by atoms with Gasteiger partial charge in [-0.05, 0) is 63.9 Å². The first-order valence-corrected chi connectivity index (χ1v) is 8.07. The summed E-state index contributed by atoms with van der Waals surface area (Å²) in [5.41, 5.74) is 3.50. The maximum absolute atomic E-state index is 11.7. The number of rotatable bonds is 5. The van der Waals surface area contributed by atoms with Crippen molar-refractivity contribution in [2.45, 2.75) is 39.7 Å². The zero-order valence-electron chi connectivity index (χ0n) is 14.7. The van der Waals surface area contributed by atoms with Gasteiger partial charge in [0.05, 0.1) is 0 Å². The van der Waals surface area contributed by atoms with Crippen molar-refractivity contribution in [2.24, 2.45) is 0 Å². The number of carbonyl (C=O) groups excluding carboxylic acids is 1. The van der Waals surface area contributed by atoms with Gasteiger partial charge in [0, 0.05) is 29.8 Å². The lowest BCUT2D eigenvalue weighted by atomic mass is 10.1. The maximum atomic E-state index is 11.7. The van der Waals surface area contributed by atoms with Crippen molar-refractivity contribution in [1.82, 2.24) is 4.98 Å². The smallest absolute Gasteiger partial charge is 0.412 e. The number of hydrogen-bond donors (Lipinski definition) is 2. The van der Waals surface area contributed by atoms with E-state index < -0.39 is 11.7 Å². The third-order valence-electron chi connectivity index (χ3n) is 3.24. The summed E-state index contributed by atoms with van der Waals surface area (Å²) in [5.74, 6) is 0. The molecule has 0 radical (unpaired) electrons. The predicted octanol–water partition coefficient (Wildman–Crippen LogP) is 4.39. The molecule has 5 nitrogen and oxygen atoms in total. The normalized spacial score (nSPS) is 11.0. The van der Waals surface area contributed by atoms with E-state index in [1.807, 2.05) is 64.1 Å². The lowest BCUT2D eigenvalue weighted by Crippen LogP contribution is -2.27. The summed E-state index contributed by atoms with van der Waals surface area (Å²) in [6.07, 6.45) is 2.26. The summed E-state index contributed by atoms with van der Waals surface area (Å²) in [6, 6.07) is 11.8. The van der Waals surface area contributed by atoms with Crippen LogP contribution in [0.25, 0.3) is 0 Å². The van der Waals surface area contributed by atoms with Crippen LogP contribution in [-0.4, -0.2) is 23.2 Å². The van der Waals surface area contributed by atoms with E-state index in [0.29, 0.717) is 0 Å². The second kappa shape index (κ2) is 7.81. The number of anilines is 2. The highest BCUT2D eigenvalue weighted by atomic mass is 16.6. The first kappa shape index (κ1) is 17.8. The SMILES string of the molecule is Cc1cc(NCCc2ccc(NC(=O)OC(C)(C)C)cc2)ccn1. The van der Waals surface area contributed by atoms with Crippen molar-refractivity contribution in [3.8, 4) is 0 Å². The Kier molecular flexibility index (Phi) is 5.79. The lowest BCUT2D eigenvalue weighted by molar-refractivity contribution is 0.0636. The van der Waals surface area contributed by atoms with Crippen LogP contribution >= 0.6 is 0 Å². The Morgan fingerprint density at radius 1 is 1.12 bits per heavy atom. The van der Waals surface area contributed by atoms with Gasteiger partial charge >= 0.3 is 6.09 Å². The van der Waals surface area contributed by atoms with Crippen molar-refractivity contribution in [2.75, 3.05) is 17.2 Å². The van der Waals surface area contributed by atoms with E-state index in [1.165, 1.54) is 5.56 Å². The van der Waals surface area contributed by atoms with Crippen molar-refractivity contribution >= 4 is 17.5 Å². The van der Waals surface area contributed by atoms with Crippen molar-refractivity contribution in [3.05, 3.63) is 53.9 Å². The monoisotopic (exact) mass is 327 g/mol. The zero-order chi connectivity index (χ0) is 17.6. The summed E-state index contributed by atoms with van der Waals surface area (Å²) in [4.78, 5) is 15.9. The van der Waals surface area contributed by atoms with E-state index in [4.69, 9.17) is 4.74 Å². The van der Waals surface area contributed by atoms with E-state index >= 15 is 0 Å². The molecule has 0 atom stereocenters. The molecular weight excluding hydrogens is 302 g/mol. The molecule has 24 heavy (non-hydrogen) atoms. The fraction of sp³-hybridized carbons (Fsp3) is 0.368. The number of ether oxygens (including phenoxy) is 1. The quantitative estimate of drug-likeness (QED) is 0.855. The fourth-order valence-corrected chi connectivity index (χ4v) is 2.18. The van der Waals surface area contributed by atoms with E-state index in [0.717, 1.165) is 30.0 Å². The third-order valence-corrected chi connectivity index (χ3v) is 3.24. The topological polar surface area (TPSA) is 63.2 Å². The number of pyridine rings is 1. The Morgan fingerprint density at radius 2 is 1.83 bits per heavy atom. The minimum absolute atomic E-state index is 0.440. The standard InChI is InChI=1S/C19H25N3O2/c1-14-13-17(10-12-20-14)21-11-9-15-5-7-16(8-6-15)22-18(23)24-19(2,3)4/h5-8,10,12-13H,9,11H2,1-4H3,(H,20,21)(H,22,23). The van der Waals surface area contributed by atoms with Crippen LogP contribution in [0, 0.1) is 6.92 Å². The summed E-state index contributed by atoms with van der Waals surface area (Å²) < 4.78 is 5.23. The third kappa shape index (κ3) is 6.28. The first-order valence-electron chi connectivity index (χ1n) is 8.07. The highest BCUT2D eigenvalue weighted by Crippen LogP contribution is 2.14. The number of amides is 1. The Morgan fingerprint density at radius 3 is 2.46 bits per heavy atom. The largest absolute Gasteiger partial charge is 0.444 e. The highest BCUT2D eigenvalue weighted by Gasteiger charge is 2.15. The Balaban J connectivity index is 1.80. The summed E-state index contributed by atoms with van der Waals surface area (Å²) >= 11 is 0. The molecule has 0 aliphatic carbocycles. The number of nitrogens with one attached hydrogen (secondary N) is 2. The van der Waals surface area contributed by atoms with Crippen molar-refractivity contribution < 1.29 is 9.53 Å². The van der Waals surface area contributed by atoms with Crippen LogP contribution in [0.1, 0.15) is 32.0 Å². The van der Waals surface area contributed by atoms with Crippen molar-refractivity contribution in [3.63, 3.8) is 0 Å². The zero-order valence-corrected chi connectivity index (χ0v) is 14.7. The van der Waals surface area contributed by atoms with Crippen LogP contribution < -0.4 is 10.6 Å². The van der Waals surface area contributed by atoms with Gasteiger partial charge in [-0.3, -0.25) is 10.3 Å². The first-order chi connectivity index (χ1) is 11.3. The number of hydrogen-bond acceptors (Lipinski definition) is 4. The van der Waals surface area contributed by atoms with Gasteiger partial charge in [0.1, 0.15) is 5.60 Å². The predicted molar refractivity (Wildman–Crippen MR) is 97.5 cm³/mol. The van der Waals surface area contributed by atoms with Crippen LogP contribution in [0.15, 0.2) is 42.6 Å². The second-order valence-corrected chi connectivity index (χ2v) is 6.69. The summed E-state index contributed by atoms with van der Waals surface area (Å²) in [6.45, 7) is 8.33. The molecule has 1 aromatic carbocycles. The molecule has 2 aromatic rings. The molecule has 2 rings (SSSR count). The van der Waals surface area contributed by atoms with Crippen LogP contribution in [0.5, 0.6) is 0 Å². The molecule has 0 aliphatic heterocycles. The summed E-state index contributed by atoms with van der Waals surface area (Å²) in [7, 11) is 0. The number of aromatic nitrogens is 1. The molecule has 2 N–H and O–H groups in total. The maximum Gasteiger partial charge on any atom is 0.412 e. The van der Waals surface area contributed by atoms with Gasteiger partial charge in [0.2, 0.25) is 0 Å². The van der Waals surface area contributed by atoms with Gasteiger partial charge in [-0.2, -0.15) is 0 Å². The Labute approximate surface area is 143 Å². The van der Waals surface area contributed by atoms with Crippen molar-refractivity contribution in [1.29, 1.82) is 0 Å². The van der Waals surface area contributed by atoms with Crippen LogP contribution in [0.2, 0.25) is 0 Å². The molecule has 0 saturated carbocycles. The minimum Gasteiger partial charge on any atom is -0.444 e. The number of carbonyl (C=O) groups is 1. The van der Waals surface area contributed by atoms with Crippen LogP contribution in [-0.2, 0) is 11.2 Å². The average Bonchev–Trinajstić information content (AvgIpc) is 2.47. The molecule has 1 heterocycles. The molecule has 5 heteroatoms. The summed E-state index contributed by atoms with van der Waals surface area (Å²) in [5, 5.41) is 6.11. The van der Waals surface area contributed by atoms with E-state index in [-0.39, 0.29) is 0 Å². The van der Waals surface area contributed by atoms with Gasteiger partial charge in [-0.1, -0.05) is 12.1 Å². The van der Waals surface area contributed by atoms with Gasteiger partial charge < -0.3 is 10.1 Å². The number of benzene rings is 1. The lowest BCUT2D eigenvalue weighted by Gasteiger charge is -2.19. The molecule has 0 unspecified atom stereocenters. The highest BCUT2D eigenvalue weighted by molar-refractivity contribution is 5.84. The molecular formula is C19H25N3O2. The molecule has 0 aliphatic rings. The molecule has 0 saturated heterocycles. The molecule has 1 amide bonds. The second-order valence-electron chi connectivity index (χ2n) is 6.69. The molecule has 128 valence electrons. The molecule has 0 bridgehead atoms. The molecule has 0 fully saturated rings. The van der Waals surface area contributed by atoms with E-state index in [1.54, 1.807) is 6.20 Å². The number of nitrogens with zero attached hydrogens (tertiary/aromatic N) is 1. The van der Waals surface area contributed by atoms with E-state index in [2.05, 4.69) is 15.6 Å². The van der Waals surface area contributed by atoms with Gasteiger partial charge in [-0.25, -0.2) is 4.79 Å². The average molecular weight is 327 g/mol. The Hall–Kier alpha value is -2.56. The fourth-order valence-electron chi connectivity index (χ4n) is 2.18. The number of aryl methyl sites for hydroxylation is 1. The van der Waals surface area contributed by atoms with Gasteiger partial charge in [-0.15, -0.1) is 0 Å². The Bertz CT molecular complexity index is 676. The minimum atomic E-state index is -0.499. The van der Waals surface area contributed by atoms with Crippen LogP contribution in [0.3, 0.4) is 0 Å². The van der Waals surface area contributed by atoms with Gasteiger partial charge in [0.15, 0.2) is 0 Å². The molecule has 0 spiro atoms. The molecule has 1 aromatic heterocycles.